The van der Waals surface area contributed by atoms with Crippen LogP contribution in [-0.2, 0) is 0 Å². The molecule has 1 amide bonds. The number of H-pyrrole nitrogens is 1. The van der Waals surface area contributed by atoms with Gasteiger partial charge in [-0.05, 0) is 49.2 Å². The third-order valence-electron chi connectivity index (χ3n) is 2.61. The number of carbonyl (C=O) groups excluding carboxylic acids is 1. The molecule has 0 bridgehead atoms. The maximum atomic E-state index is 11.7. The zero-order valence-corrected chi connectivity index (χ0v) is 9.37. The van der Waals surface area contributed by atoms with Gasteiger partial charge in [-0.3, -0.25) is 4.79 Å². The molecule has 0 unspecified atom stereocenters. The fourth-order valence-electron chi connectivity index (χ4n) is 1.49. The first-order chi connectivity index (χ1) is 7.66. The molecule has 3 heteroatoms. The summed E-state index contributed by atoms with van der Waals surface area (Å²) in [4.78, 5) is 14.6. The molecule has 0 saturated carbocycles. The summed E-state index contributed by atoms with van der Waals surface area (Å²) in [6, 6.07) is 9.42. The number of carbonyl (C=O) groups is 1. The van der Waals surface area contributed by atoms with Gasteiger partial charge in [0.25, 0.3) is 5.91 Å². The monoisotopic (exact) mass is 214 g/mol. The van der Waals surface area contributed by atoms with Gasteiger partial charge in [0.15, 0.2) is 0 Å². The molecule has 16 heavy (non-hydrogen) atoms. The molecule has 0 radical (unpaired) electrons. The molecule has 0 aliphatic carbocycles. The van der Waals surface area contributed by atoms with Crippen molar-refractivity contribution >= 4 is 11.6 Å². The second-order valence-corrected chi connectivity index (χ2v) is 3.84. The molecule has 3 nitrogen and oxygen atoms in total. The minimum atomic E-state index is -0.117. The first-order valence-corrected chi connectivity index (χ1v) is 5.19. The number of anilines is 1. The molecule has 0 aliphatic rings. The smallest absolute Gasteiger partial charge is 0.272 e. The largest absolute Gasteiger partial charge is 0.357 e. The number of amides is 1. The Morgan fingerprint density at radius 1 is 1.19 bits per heavy atom. The minimum Gasteiger partial charge on any atom is -0.357 e. The van der Waals surface area contributed by atoms with Gasteiger partial charge in [0, 0.05) is 11.9 Å². The van der Waals surface area contributed by atoms with Crippen LogP contribution in [0.4, 0.5) is 5.69 Å². The first kappa shape index (κ1) is 10.5. The van der Waals surface area contributed by atoms with Crippen molar-refractivity contribution in [3.8, 4) is 0 Å². The van der Waals surface area contributed by atoms with Crippen molar-refractivity contribution in [2.24, 2.45) is 0 Å². The van der Waals surface area contributed by atoms with Crippen molar-refractivity contribution in [1.82, 2.24) is 4.98 Å². The molecule has 2 aromatic rings. The van der Waals surface area contributed by atoms with Crippen LogP contribution >= 0.6 is 0 Å². The molecule has 0 fully saturated rings. The Morgan fingerprint density at radius 2 is 2.00 bits per heavy atom. The van der Waals surface area contributed by atoms with Gasteiger partial charge in [-0.15, -0.1) is 0 Å². The highest BCUT2D eigenvalue weighted by Crippen LogP contribution is 2.14. The summed E-state index contributed by atoms with van der Waals surface area (Å²) in [7, 11) is 0. The number of rotatable bonds is 2. The van der Waals surface area contributed by atoms with Crippen LogP contribution in [0.3, 0.4) is 0 Å². The van der Waals surface area contributed by atoms with E-state index in [4.69, 9.17) is 0 Å². The first-order valence-electron chi connectivity index (χ1n) is 5.19. The lowest BCUT2D eigenvalue weighted by atomic mass is 10.1. The molecule has 0 aliphatic heterocycles. The number of aromatic nitrogens is 1. The maximum absolute atomic E-state index is 11.7. The Hall–Kier alpha value is -2.03. The molecule has 1 heterocycles. The molecular formula is C13H14N2O. The lowest BCUT2D eigenvalue weighted by molar-refractivity contribution is 0.102. The third-order valence-corrected chi connectivity index (χ3v) is 2.61. The summed E-state index contributed by atoms with van der Waals surface area (Å²) in [6.45, 7) is 4.07. The average Bonchev–Trinajstić information content (AvgIpc) is 2.77. The van der Waals surface area contributed by atoms with Crippen molar-refractivity contribution in [3.05, 3.63) is 53.3 Å². The Balaban J connectivity index is 2.15. The van der Waals surface area contributed by atoms with Gasteiger partial charge in [0.1, 0.15) is 5.69 Å². The Kier molecular flexibility index (Phi) is 2.77. The molecular weight excluding hydrogens is 200 g/mol. The molecule has 0 saturated heterocycles. The molecule has 82 valence electrons. The van der Waals surface area contributed by atoms with Crippen LogP contribution in [0, 0.1) is 13.8 Å². The SMILES string of the molecule is Cc1ccc(NC(=O)c2ccc[nH]2)cc1C. The third kappa shape index (κ3) is 2.14. The highest BCUT2D eigenvalue weighted by molar-refractivity contribution is 6.02. The summed E-state index contributed by atoms with van der Waals surface area (Å²) in [5, 5.41) is 2.84. The van der Waals surface area contributed by atoms with E-state index < -0.39 is 0 Å². The van der Waals surface area contributed by atoms with E-state index in [-0.39, 0.29) is 5.91 Å². The van der Waals surface area contributed by atoms with Crippen LogP contribution in [0.25, 0.3) is 0 Å². The van der Waals surface area contributed by atoms with Crippen molar-refractivity contribution in [2.45, 2.75) is 13.8 Å². The molecule has 1 aromatic heterocycles. The van der Waals surface area contributed by atoms with E-state index in [1.165, 1.54) is 11.1 Å². The van der Waals surface area contributed by atoms with Crippen LogP contribution in [0.15, 0.2) is 36.5 Å². The number of benzene rings is 1. The van der Waals surface area contributed by atoms with Gasteiger partial charge in [0.2, 0.25) is 0 Å². The van der Waals surface area contributed by atoms with E-state index >= 15 is 0 Å². The topological polar surface area (TPSA) is 44.9 Å². The van der Waals surface area contributed by atoms with E-state index in [1.54, 1.807) is 18.3 Å². The summed E-state index contributed by atoms with van der Waals surface area (Å²) in [5.74, 6) is -0.117. The van der Waals surface area contributed by atoms with E-state index in [0.29, 0.717) is 5.69 Å². The second kappa shape index (κ2) is 4.23. The Morgan fingerprint density at radius 3 is 2.62 bits per heavy atom. The van der Waals surface area contributed by atoms with Crippen LogP contribution in [-0.4, -0.2) is 10.9 Å². The van der Waals surface area contributed by atoms with E-state index in [9.17, 15) is 4.79 Å². The van der Waals surface area contributed by atoms with Crippen LogP contribution in [0.1, 0.15) is 21.6 Å². The van der Waals surface area contributed by atoms with Crippen molar-refractivity contribution < 1.29 is 4.79 Å². The van der Waals surface area contributed by atoms with E-state index in [2.05, 4.69) is 10.3 Å². The Bertz CT molecular complexity index is 501. The minimum absolute atomic E-state index is 0.117. The predicted octanol–water partition coefficient (Wildman–Crippen LogP) is 2.88. The summed E-state index contributed by atoms with van der Waals surface area (Å²) in [6.07, 6.45) is 1.73. The van der Waals surface area contributed by atoms with Crippen LogP contribution in [0.5, 0.6) is 0 Å². The van der Waals surface area contributed by atoms with Gasteiger partial charge < -0.3 is 10.3 Å². The molecule has 2 N–H and O–H groups in total. The lowest BCUT2D eigenvalue weighted by Crippen LogP contribution is -2.12. The fourth-order valence-corrected chi connectivity index (χ4v) is 1.49. The van der Waals surface area contributed by atoms with Crippen LogP contribution in [0.2, 0.25) is 0 Å². The summed E-state index contributed by atoms with van der Waals surface area (Å²) < 4.78 is 0. The lowest BCUT2D eigenvalue weighted by Gasteiger charge is -2.06. The fraction of sp³-hybridized carbons (Fsp3) is 0.154. The van der Waals surface area contributed by atoms with Crippen molar-refractivity contribution in [2.75, 3.05) is 5.32 Å². The summed E-state index contributed by atoms with van der Waals surface area (Å²) >= 11 is 0. The van der Waals surface area contributed by atoms with Gasteiger partial charge in [-0.1, -0.05) is 6.07 Å². The number of aromatic amines is 1. The zero-order valence-electron chi connectivity index (χ0n) is 9.37. The highest BCUT2D eigenvalue weighted by atomic mass is 16.1. The molecule has 1 aromatic carbocycles. The second-order valence-electron chi connectivity index (χ2n) is 3.84. The normalized spacial score (nSPS) is 10.1. The number of hydrogen-bond acceptors (Lipinski definition) is 1. The standard InChI is InChI=1S/C13H14N2O/c1-9-5-6-11(8-10(9)2)15-13(16)12-4-3-7-14-12/h3-8,14H,1-2H3,(H,15,16). The number of nitrogens with one attached hydrogen (secondary N) is 2. The zero-order chi connectivity index (χ0) is 11.5. The quantitative estimate of drug-likeness (QED) is 0.793. The van der Waals surface area contributed by atoms with Crippen LogP contribution < -0.4 is 5.32 Å². The highest BCUT2D eigenvalue weighted by Gasteiger charge is 2.06. The van der Waals surface area contributed by atoms with E-state index in [1.807, 2.05) is 32.0 Å². The van der Waals surface area contributed by atoms with Gasteiger partial charge >= 0.3 is 0 Å². The molecule has 2 rings (SSSR count). The average molecular weight is 214 g/mol. The van der Waals surface area contributed by atoms with Crippen molar-refractivity contribution in [1.29, 1.82) is 0 Å². The van der Waals surface area contributed by atoms with Crippen molar-refractivity contribution in [3.63, 3.8) is 0 Å². The summed E-state index contributed by atoms with van der Waals surface area (Å²) in [5.41, 5.74) is 3.78. The molecule has 0 spiro atoms. The predicted molar refractivity (Wildman–Crippen MR) is 64.7 cm³/mol. The Labute approximate surface area is 94.5 Å². The maximum Gasteiger partial charge on any atom is 0.272 e. The van der Waals surface area contributed by atoms with Gasteiger partial charge in [-0.2, -0.15) is 0 Å². The number of hydrogen-bond donors (Lipinski definition) is 2. The van der Waals surface area contributed by atoms with Gasteiger partial charge in [0.05, 0.1) is 0 Å². The van der Waals surface area contributed by atoms with Gasteiger partial charge in [-0.25, -0.2) is 0 Å². The number of aryl methyl sites for hydroxylation is 2. The molecule has 0 atom stereocenters. The van der Waals surface area contributed by atoms with E-state index in [0.717, 1.165) is 5.69 Å².